The molecule has 2 aliphatic carbocycles. The van der Waals surface area contributed by atoms with Crippen LogP contribution in [0.1, 0.15) is 76.5 Å². The largest absolute Gasteiger partial charge is 0.411 e. The average molecular weight is 511 g/mol. The van der Waals surface area contributed by atoms with E-state index in [1.54, 1.807) is 6.20 Å². The summed E-state index contributed by atoms with van der Waals surface area (Å²) in [6.45, 7) is 13.2. The van der Waals surface area contributed by atoms with E-state index >= 15 is 0 Å². The molecule has 0 unspecified atom stereocenters. The molecule has 9 heteroatoms. The van der Waals surface area contributed by atoms with Crippen LogP contribution < -0.4 is 16.0 Å². The molecule has 2 aromatic rings. The molecule has 3 N–H and O–H groups in total. The third-order valence-corrected chi connectivity index (χ3v) is 12.2. The van der Waals surface area contributed by atoms with Crippen molar-refractivity contribution < 1.29 is 9.22 Å². The molecule has 0 aliphatic heterocycles. The van der Waals surface area contributed by atoms with Crippen LogP contribution in [0.5, 0.6) is 0 Å². The van der Waals surface area contributed by atoms with Crippen molar-refractivity contribution in [1.82, 2.24) is 20.3 Å². The Labute approximate surface area is 216 Å². The van der Waals surface area contributed by atoms with E-state index in [1.165, 1.54) is 24.8 Å². The Morgan fingerprint density at radius 1 is 1.08 bits per heavy atom. The van der Waals surface area contributed by atoms with E-state index in [0.717, 1.165) is 43.0 Å². The van der Waals surface area contributed by atoms with Gasteiger partial charge in [0.15, 0.2) is 8.32 Å². The lowest BCUT2D eigenvalue weighted by Gasteiger charge is -2.36. The second kappa shape index (κ2) is 11.3. The van der Waals surface area contributed by atoms with Gasteiger partial charge in [-0.2, -0.15) is 4.98 Å². The lowest BCUT2D eigenvalue weighted by atomic mass is 9.85. The van der Waals surface area contributed by atoms with Crippen LogP contribution in [-0.4, -0.2) is 42.3 Å². The standard InChI is InChI=1S/C27H42N6O2Si/c1-27(2,3)36(4,5)35-18-22-13-12-21(16-30-22)32-26-31-17-23(19-10-11-19)24(33-26)28-14-7-15-29-25(34)20-8-6-9-20/h12-13,16-17,19-20H,6-11,14-15,18H2,1-5H3,(H,29,34)(H2,28,31,32,33). The van der Waals surface area contributed by atoms with Gasteiger partial charge in [-0.3, -0.25) is 9.78 Å². The molecule has 0 radical (unpaired) electrons. The predicted octanol–water partition coefficient (Wildman–Crippen LogP) is 5.73. The maximum Gasteiger partial charge on any atom is 0.229 e. The van der Waals surface area contributed by atoms with Crippen LogP contribution >= 0.6 is 0 Å². The van der Waals surface area contributed by atoms with Crippen LogP contribution in [0, 0.1) is 5.92 Å². The highest BCUT2D eigenvalue weighted by Gasteiger charge is 2.37. The molecule has 196 valence electrons. The van der Waals surface area contributed by atoms with Crippen molar-refractivity contribution in [2.24, 2.45) is 5.92 Å². The van der Waals surface area contributed by atoms with Crippen LogP contribution in [0.15, 0.2) is 24.5 Å². The molecule has 0 saturated heterocycles. The van der Waals surface area contributed by atoms with Gasteiger partial charge in [-0.15, -0.1) is 0 Å². The number of carbonyl (C=O) groups is 1. The zero-order valence-corrected chi connectivity index (χ0v) is 23.5. The van der Waals surface area contributed by atoms with Gasteiger partial charge >= 0.3 is 0 Å². The Bertz CT molecular complexity index is 1030. The molecular weight excluding hydrogens is 468 g/mol. The highest BCUT2D eigenvalue weighted by atomic mass is 28.4. The maximum absolute atomic E-state index is 12.0. The second-order valence-corrected chi connectivity index (χ2v) is 16.5. The SMILES string of the molecule is CC(C)(C)[Si](C)(C)OCc1ccc(Nc2ncc(C3CC3)c(NCCCNC(=O)C3CCC3)n2)cn1. The van der Waals surface area contributed by atoms with Crippen molar-refractivity contribution in [3.63, 3.8) is 0 Å². The summed E-state index contributed by atoms with van der Waals surface area (Å²) in [4.78, 5) is 25.9. The summed E-state index contributed by atoms with van der Waals surface area (Å²) in [6, 6.07) is 3.98. The van der Waals surface area contributed by atoms with Crippen LogP contribution in [0.25, 0.3) is 0 Å². The summed E-state index contributed by atoms with van der Waals surface area (Å²) in [6.07, 6.45) is 10.2. The summed E-state index contributed by atoms with van der Waals surface area (Å²) in [5.74, 6) is 2.42. The van der Waals surface area contributed by atoms with Crippen molar-refractivity contribution in [3.05, 3.63) is 35.8 Å². The predicted molar refractivity (Wildman–Crippen MR) is 147 cm³/mol. The number of rotatable bonds is 12. The van der Waals surface area contributed by atoms with E-state index < -0.39 is 8.32 Å². The zero-order valence-electron chi connectivity index (χ0n) is 22.5. The Balaban J connectivity index is 1.29. The van der Waals surface area contributed by atoms with Crippen molar-refractivity contribution in [3.8, 4) is 0 Å². The van der Waals surface area contributed by atoms with Gasteiger partial charge in [-0.25, -0.2) is 4.98 Å². The van der Waals surface area contributed by atoms with Crippen molar-refractivity contribution in [2.75, 3.05) is 23.7 Å². The Kier molecular flexibility index (Phi) is 8.29. The van der Waals surface area contributed by atoms with Crippen molar-refractivity contribution in [1.29, 1.82) is 0 Å². The maximum atomic E-state index is 12.0. The molecule has 2 aliphatic rings. The van der Waals surface area contributed by atoms with E-state index in [9.17, 15) is 4.79 Å². The summed E-state index contributed by atoms with van der Waals surface area (Å²) < 4.78 is 6.28. The number of aromatic nitrogens is 3. The molecule has 0 spiro atoms. The molecule has 2 heterocycles. The molecule has 4 rings (SSSR count). The minimum absolute atomic E-state index is 0.175. The Hall–Kier alpha value is -2.52. The van der Waals surface area contributed by atoms with Gasteiger partial charge in [0.25, 0.3) is 0 Å². The third-order valence-electron chi connectivity index (χ3n) is 7.72. The minimum Gasteiger partial charge on any atom is -0.411 e. The van der Waals surface area contributed by atoms with Crippen LogP contribution in [0.3, 0.4) is 0 Å². The zero-order chi connectivity index (χ0) is 25.8. The van der Waals surface area contributed by atoms with E-state index in [2.05, 4.69) is 59.8 Å². The second-order valence-electron chi connectivity index (χ2n) is 11.7. The van der Waals surface area contributed by atoms with Crippen molar-refractivity contribution >= 4 is 31.7 Å². The van der Waals surface area contributed by atoms with E-state index in [0.29, 0.717) is 25.0 Å². The van der Waals surface area contributed by atoms with E-state index in [1.807, 2.05) is 18.3 Å². The van der Waals surface area contributed by atoms with Gasteiger partial charge in [0.2, 0.25) is 11.9 Å². The molecule has 2 aromatic heterocycles. The molecule has 2 saturated carbocycles. The fourth-order valence-electron chi connectivity index (χ4n) is 3.79. The topological polar surface area (TPSA) is 101 Å². The Morgan fingerprint density at radius 3 is 2.47 bits per heavy atom. The third kappa shape index (κ3) is 7.03. The summed E-state index contributed by atoms with van der Waals surface area (Å²) in [7, 11) is -1.81. The highest BCUT2D eigenvalue weighted by Crippen LogP contribution is 2.43. The number of carbonyl (C=O) groups excluding carboxylic acids is 1. The number of amides is 1. The Morgan fingerprint density at radius 2 is 1.86 bits per heavy atom. The van der Waals surface area contributed by atoms with Gasteiger partial charge in [-0.05, 0) is 68.3 Å². The van der Waals surface area contributed by atoms with Crippen LogP contribution in [0.2, 0.25) is 18.1 Å². The average Bonchev–Trinajstić information content (AvgIpc) is 3.62. The van der Waals surface area contributed by atoms with Gasteiger partial charge in [0.1, 0.15) is 5.82 Å². The van der Waals surface area contributed by atoms with Gasteiger partial charge in [0.05, 0.1) is 24.2 Å². The van der Waals surface area contributed by atoms with E-state index in [4.69, 9.17) is 9.41 Å². The fourth-order valence-corrected chi connectivity index (χ4v) is 4.73. The monoisotopic (exact) mass is 510 g/mol. The van der Waals surface area contributed by atoms with Crippen LogP contribution in [0.4, 0.5) is 17.5 Å². The molecule has 0 atom stereocenters. The molecule has 2 fully saturated rings. The first-order valence-corrected chi connectivity index (χ1v) is 16.3. The lowest BCUT2D eigenvalue weighted by Crippen LogP contribution is -2.40. The molecule has 8 nitrogen and oxygen atoms in total. The molecule has 36 heavy (non-hydrogen) atoms. The molecule has 1 amide bonds. The molecular formula is C27H42N6O2Si. The lowest BCUT2D eigenvalue weighted by molar-refractivity contribution is -0.127. The number of nitrogens with zero attached hydrogens (tertiary/aromatic N) is 3. The smallest absolute Gasteiger partial charge is 0.229 e. The highest BCUT2D eigenvalue weighted by molar-refractivity contribution is 6.74. The number of hydrogen-bond acceptors (Lipinski definition) is 7. The number of hydrogen-bond donors (Lipinski definition) is 3. The minimum atomic E-state index is -1.81. The number of nitrogens with one attached hydrogen (secondary N) is 3. The number of pyridine rings is 1. The summed E-state index contributed by atoms with van der Waals surface area (Å²) in [5.41, 5.74) is 2.94. The quantitative estimate of drug-likeness (QED) is 0.247. The first-order chi connectivity index (χ1) is 17.1. The number of anilines is 3. The van der Waals surface area contributed by atoms with Crippen LogP contribution in [-0.2, 0) is 15.8 Å². The molecule has 0 aromatic carbocycles. The fraction of sp³-hybridized carbons (Fsp3) is 0.630. The first-order valence-electron chi connectivity index (χ1n) is 13.4. The van der Waals surface area contributed by atoms with Gasteiger partial charge < -0.3 is 20.4 Å². The van der Waals surface area contributed by atoms with Gasteiger partial charge in [-0.1, -0.05) is 27.2 Å². The summed E-state index contributed by atoms with van der Waals surface area (Å²) >= 11 is 0. The normalized spacial score (nSPS) is 16.4. The first kappa shape index (κ1) is 26.5. The van der Waals surface area contributed by atoms with Crippen molar-refractivity contribution in [2.45, 2.75) is 90.0 Å². The van der Waals surface area contributed by atoms with E-state index in [-0.39, 0.29) is 16.9 Å². The molecule has 0 bridgehead atoms. The summed E-state index contributed by atoms with van der Waals surface area (Å²) in [5, 5.41) is 9.99. The van der Waals surface area contributed by atoms with Gasteiger partial charge in [0, 0.05) is 30.8 Å².